The van der Waals surface area contributed by atoms with Gasteiger partial charge in [0.05, 0.1) is 25.5 Å². The van der Waals surface area contributed by atoms with E-state index >= 15 is 0 Å². The summed E-state index contributed by atoms with van der Waals surface area (Å²) in [6.07, 6.45) is 0.790. The minimum Gasteiger partial charge on any atom is -0.490 e. The second-order valence-electron chi connectivity index (χ2n) is 8.15. The first-order chi connectivity index (χ1) is 17.0. The van der Waals surface area contributed by atoms with E-state index in [-0.39, 0.29) is 17.8 Å². The zero-order valence-electron chi connectivity index (χ0n) is 20.3. The summed E-state index contributed by atoms with van der Waals surface area (Å²) in [6.45, 7) is 8.39. The first kappa shape index (κ1) is 24.4. The Bertz CT molecular complexity index is 1120. The molecule has 0 aliphatic carbocycles. The fourth-order valence-corrected chi connectivity index (χ4v) is 4.13. The predicted octanol–water partition coefficient (Wildman–Crippen LogP) is 4.42. The van der Waals surface area contributed by atoms with Gasteiger partial charge in [-0.25, -0.2) is 4.39 Å². The fourth-order valence-electron chi connectivity index (χ4n) is 4.13. The lowest BCUT2D eigenvalue weighted by molar-refractivity contribution is 0.0939. The molecular weight excluding hydrogens is 451 g/mol. The van der Waals surface area contributed by atoms with Crippen LogP contribution in [0.2, 0.25) is 0 Å². The van der Waals surface area contributed by atoms with Crippen LogP contribution in [0.25, 0.3) is 11.3 Å². The number of halogens is 1. The number of aromatic nitrogens is 2. The average Bonchev–Trinajstić information content (AvgIpc) is 3.52. The molecule has 3 aromatic rings. The molecule has 8 nitrogen and oxygen atoms in total. The first-order valence-corrected chi connectivity index (χ1v) is 12.0. The van der Waals surface area contributed by atoms with E-state index in [1.54, 1.807) is 24.3 Å². The van der Waals surface area contributed by atoms with Gasteiger partial charge in [-0.2, -0.15) is 5.10 Å². The lowest BCUT2D eigenvalue weighted by Crippen LogP contribution is -2.37. The zero-order chi connectivity index (χ0) is 24.8. The van der Waals surface area contributed by atoms with Gasteiger partial charge in [0.15, 0.2) is 17.3 Å². The van der Waals surface area contributed by atoms with E-state index in [1.807, 2.05) is 26.8 Å². The molecule has 1 aromatic heterocycles. The van der Waals surface area contributed by atoms with Gasteiger partial charge in [0.25, 0.3) is 5.91 Å². The van der Waals surface area contributed by atoms with Crippen molar-refractivity contribution in [1.29, 1.82) is 0 Å². The summed E-state index contributed by atoms with van der Waals surface area (Å²) in [5.41, 5.74) is 2.13. The summed E-state index contributed by atoms with van der Waals surface area (Å²) in [5.74, 6) is 1.80. The number of aromatic amines is 1. The smallest absolute Gasteiger partial charge is 0.251 e. The van der Waals surface area contributed by atoms with Crippen LogP contribution < -0.4 is 24.4 Å². The highest BCUT2D eigenvalue weighted by Gasteiger charge is 2.27. The van der Waals surface area contributed by atoms with Crippen LogP contribution in [0, 0.1) is 5.82 Å². The van der Waals surface area contributed by atoms with Crippen molar-refractivity contribution < 1.29 is 23.4 Å². The van der Waals surface area contributed by atoms with Crippen molar-refractivity contribution in [3.8, 4) is 28.5 Å². The standard InChI is InChI=1S/C26H31FN4O4/c1-4-33-22-13-18(14-23(34-5-2)25(22)35-6-3)26(32)28-20-11-12-31(16-20)24-15-21(29-30-24)17-7-9-19(27)10-8-17/h7-10,13-15,20H,4-6,11-12,16H2,1-3H3,(H,28,32)(H,29,30)/t20-/m1/s1. The number of carbonyl (C=O) groups is 1. The Balaban J connectivity index is 1.44. The topological polar surface area (TPSA) is 88.7 Å². The van der Waals surface area contributed by atoms with Crippen molar-refractivity contribution in [3.05, 3.63) is 53.8 Å². The Morgan fingerprint density at radius 3 is 2.34 bits per heavy atom. The van der Waals surface area contributed by atoms with Gasteiger partial charge in [-0.15, -0.1) is 0 Å². The van der Waals surface area contributed by atoms with Crippen LogP contribution in [0.15, 0.2) is 42.5 Å². The van der Waals surface area contributed by atoms with Crippen LogP contribution in [0.3, 0.4) is 0 Å². The number of hydrogen-bond donors (Lipinski definition) is 2. The van der Waals surface area contributed by atoms with Gasteiger partial charge in [0.2, 0.25) is 5.75 Å². The zero-order valence-corrected chi connectivity index (χ0v) is 20.3. The summed E-state index contributed by atoms with van der Waals surface area (Å²) in [5, 5.41) is 10.5. The maximum Gasteiger partial charge on any atom is 0.251 e. The number of hydrogen-bond acceptors (Lipinski definition) is 6. The lowest BCUT2D eigenvalue weighted by atomic mass is 10.1. The summed E-state index contributed by atoms with van der Waals surface area (Å²) >= 11 is 0. The maximum absolute atomic E-state index is 13.2. The Hall–Kier alpha value is -3.75. The van der Waals surface area contributed by atoms with Gasteiger partial charge in [-0.3, -0.25) is 9.89 Å². The quantitative estimate of drug-likeness (QED) is 0.445. The van der Waals surface area contributed by atoms with Crippen LogP contribution in [-0.4, -0.2) is 55.1 Å². The fraction of sp³-hybridized carbons (Fsp3) is 0.385. The number of ether oxygens (including phenoxy) is 3. The van der Waals surface area contributed by atoms with E-state index < -0.39 is 0 Å². The molecular formula is C26H31FN4O4. The summed E-state index contributed by atoms with van der Waals surface area (Å²) in [6, 6.07) is 11.6. The molecule has 0 saturated carbocycles. The molecule has 4 rings (SSSR count). The first-order valence-electron chi connectivity index (χ1n) is 12.0. The molecule has 1 atom stereocenters. The summed E-state index contributed by atoms with van der Waals surface area (Å²) < 4.78 is 30.4. The number of carbonyl (C=O) groups excluding carboxylic acids is 1. The Morgan fingerprint density at radius 1 is 1.06 bits per heavy atom. The second-order valence-corrected chi connectivity index (χ2v) is 8.15. The summed E-state index contributed by atoms with van der Waals surface area (Å²) in [7, 11) is 0. The number of nitrogens with zero attached hydrogens (tertiary/aromatic N) is 2. The molecule has 1 aliphatic rings. The molecule has 0 radical (unpaired) electrons. The van der Waals surface area contributed by atoms with Gasteiger partial charge in [0, 0.05) is 30.8 Å². The Kier molecular flexibility index (Phi) is 7.74. The Labute approximate surface area is 204 Å². The van der Waals surface area contributed by atoms with Crippen molar-refractivity contribution in [2.45, 2.75) is 33.2 Å². The lowest BCUT2D eigenvalue weighted by Gasteiger charge is -2.18. The molecule has 0 spiro atoms. The van der Waals surface area contributed by atoms with Crippen molar-refractivity contribution in [2.24, 2.45) is 0 Å². The molecule has 1 fully saturated rings. The van der Waals surface area contributed by atoms with Crippen molar-refractivity contribution in [2.75, 3.05) is 37.8 Å². The van der Waals surface area contributed by atoms with Crippen LogP contribution in [0.4, 0.5) is 10.2 Å². The molecule has 2 N–H and O–H groups in total. The molecule has 35 heavy (non-hydrogen) atoms. The number of rotatable bonds is 10. The van der Waals surface area contributed by atoms with Crippen molar-refractivity contribution in [3.63, 3.8) is 0 Å². The third-order valence-electron chi connectivity index (χ3n) is 5.74. The molecule has 1 saturated heterocycles. The molecule has 0 unspecified atom stereocenters. The minimum absolute atomic E-state index is 0.0360. The van der Waals surface area contributed by atoms with Gasteiger partial charge in [0.1, 0.15) is 5.82 Å². The average molecular weight is 483 g/mol. The van der Waals surface area contributed by atoms with E-state index in [0.29, 0.717) is 49.2 Å². The Morgan fingerprint density at radius 2 is 1.71 bits per heavy atom. The van der Waals surface area contributed by atoms with E-state index in [2.05, 4.69) is 20.4 Å². The third-order valence-corrected chi connectivity index (χ3v) is 5.74. The van der Waals surface area contributed by atoms with Crippen LogP contribution in [-0.2, 0) is 0 Å². The van der Waals surface area contributed by atoms with Gasteiger partial charge in [-0.05, 0) is 69.2 Å². The molecule has 9 heteroatoms. The minimum atomic E-state index is -0.277. The summed E-state index contributed by atoms with van der Waals surface area (Å²) in [4.78, 5) is 15.2. The monoisotopic (exact) mass is 482 g/mol. The highest BCUT2D eigenvalue weighted by molar-refractivity contribution is 5.96. The third kappa shape index (κ3) is 5.67. The van der Waals surface area contributed by atoms with Crippen LogP contribution >= 0.6 is 0 Å². The van der Waals surface area contributed by atoms with Crippen molar-refractivity contribution >= 4 is 11.7 Å². The normalized spacial score (nSPS) is 15.2. The highest BCUT2D eigenvalue weighted by Crippen LogP contribution is 2.39. The number of benzene rings is 2. The van der Waals surface area contributed by atoms with Gasteiger partial charge < -0.3 is 24.4 Å². The molecule has 2 aromatic carbocycles. The van der Waals surface area contributed by atoms with Gasteiger partial charge in [-0.1, -0.05) is 0 Å². The van der Waals surface area contributed by atoms with E-state index in [0.717, 1.165) is 30.0 Å². The van der Waals surface area contributed by atoms with Gasteiger partial charge >= 0.3 is 0 Å². The molecule has 2 heterocycles. The van der Waals surface area contributed by atoms with E-state index in [1.165, 1.54) is 12.1 Å². The number of nitrogens with one attached hydrogen (secondary N) is 2. The van der Waals surface area contributed by atoms with Crippen LogP contribution in [0.1, 0.15) is 37.6 Å². The number of anilines is 1. The number of amides is 1. The second kappa shape index (κ2) is 11.1. The SMILES string of the molecule is CCOc1cc(C(=O)N[C@@H]2CCN(c3cc(-c4ccc(F)cc4)[nH]n3)C2)cc(OCC)c1OCC. The molecule has 186 valence electrons. The molecule has 1 aliphatic heterocycles. The maximum atomic E-state index is 13.2. The number of H-pyrrole nitrogens is 1. The largest absolute Gasteiger partial charge is 0.490 e. The predicted molar refractivity (Wildman–Crippen MR) is 132 cm³/mol. The molecule has 1 amide bonds. The van der Waals surface area contributed by atoms with E-state index in [9.17, 15) is 9.18 Å². The van der Waals surface area contributed by atoms with Crippen molar-refractivity contribution in [1.82, 2.24) is 15.5 Å². The van der Waals surface area contributed by atoms with Crippen LogP contribution in [0.5, 0.6) is 17.2 Å². The van der Waals surface area contributed by atoms with E-state index in [4.69, 9.17) is 14.2 Å². The highest BCUT2D eigenvalue weighted by atomic mass is 19.1. The molecule has 0 bridgehead atoms.